The van der Waals surface area contributed by atoms with Crippen LogP contribution in [0.15, 0.2) is 18.2 Å². The summed E-state index contributed by atoms with van der Waals surface area (Å²) in [5, 5.41) is 20.0. The van der Waals surface area contributed by atoms with Crippen molar-refractivity contribution in [1.29, 1.82) is 0 Å². The molecule has 0 saturated heterocycles. The molecule has 94 valence electrons. The average molecular weight is 284 g/mol. The Bertz CT molecular complexity index is 598. The van der Waals surface area contributed by atoms with Crippen LogP contribution in [0.5, 0.6) is 0 Å². The number of hydrogen-bond donors (Lipinski definition) is 0. The van der Waals surface area contributed by atoms with Crippen molar-refractivity contribution in [2.24, 2.45) is 0 Å². The Hall–Kier alpha value is -1.53. The molecular formula is C11H10ClN3O2S. The maximum Gasteiger partial charge on any atom is 0.273 e. The summed E-state index contributed by atoms with van der Waals surface area (Å²) in [5.74, 6) is 0. The van der Waals surface area contributed by atoms with Crippen molar-refractivity contribution in [2.45, 2.75) is 19.2 Å². The van der Waals surface area contributed by atoms with Gasteiger partial charge in [-0.3, -0.25) is 10.1 Å². The number of nitro benzene ring substituents is 1. The third kappa shape index (κ3) is 2.34. The number of benzene rings is 1. The normalized spacial score (nSPS) is 12.4. The molecule has 0 fully saturated rings. The van der Waals surface area contributed by atoms with Gasteiger partial charge in [0.15, 0.2) is 0 Å². The highest BCUT2D eigenvalue weighted by atomic mass is 35.5. The SMILES string of the molecule is Cc1c(-c2nnc(C(C)Cl)s2)cccc1[N+](=O)[O-]. The molecule has 1 atom stereocenters. The topological polar surface area (TPSA) is 68.9 Å². The fourth-order valence-electron chi connectivity index (χ4n) is 1.56. The first kappa shape index (κ1) is 12.9. The van der Waals surface area contributed by atoms with Crippen LogP contribution >= 0.6 is 22.9 Å². The molecule has 2 aromatic rings. The molecule has 0 aliphatic rings. The van der Waals surface area contributed by atoms with E-state index in [1.54, 1.807) is 19.1 Å². The second-order valence-electron chi connectivity index (χ2n) is 3.77. The van der Waals surface area contributed by atoms with Crippen molar-refractivity contribution in [3.8, 4) is 10.6 Å². The maximum absolute atomic E-state index is 10.9. The molecule has 0 aliphatic carbocycles. The van der Waals surface area contributed by atoms with E-state index >= 15 is 0 Å². The molecule has 0 N–H and O–H groups in total. The smallest absolute Gasteiger partial charge is 0.258 e. The van der Waals surface area contributed by atoms with E-state index in [9.17, 15) is 10.1 Å². The Kier molecular flexibility index (Phi) is 3.58. The number of aromatic nitrogens is 2. The molecule has 1 heterocycles. The zero-order chi connectivity index (χ0) is 13.3. The van der Waals surface area contributed by atoms with Gasteiger partial charge in [-0.15, -0.1) is 21.8 Å². The zero-order valence-corrected chi connectivity index (χ0v) is 11.3. The van der Waals surface area contributed by atoms with Crippen LogP contribution in [0.25, 0.3) is 10.6 Å². The van der Waals surface area contributed by atoms with Gasteiger partial charge in [0.1, 0.15) is 10.0 Å². The Morgan fingerprint density at radius 1 is 1.44 bits per heavy atom. The summed E-state index contributed by atoms with van der Waals surface area (Å²) < 4.78 is 0. The molecular weight excluding hydrogens is 274 g/mol. The predicted octanol–water partition coefficient (Wildman–Crippen LogP) is 3.72. The third-order valence-electron chi connectivity index (χ3n) is 2.51. The van der Waals surface area contributed by atoms with E-state index in [1.807, 2.05) is 6.92 Å². The summed E-state index contributed by atoms with van der Waals surface area (Å²) in [6.07, 6.45) is 0. The van der Waals surface area contributed by atoms with Crippen LogP contribution in [0.2, 0.25) is 0 Å². The van der Waals surface area contributed by atoms with Crippen molar-refractivity contribution < 1.29 is 4.92 Å². The van der Waals surface area contributed by atoms with Crippen molar-refractivity contribution in [1.82, 2.24) is 10.2 Å². The number of rotatable bonds is 3. The lowest BCUT2D eigenvalue weighted by atomic mass is 10.1. The first-order valence-electron chi connectivity index (χ1n) is 5.22. The second-order valence-corrected chi connectivity index (χ2v) is 5.43. The first-order chi connectivity index (χ1) is 8.50. The Morgan fingerprint density at radius 3 is 2.72 bits per heavy atom. The highest BCUT2D eigenvalue weighted by molar-refractivity contribution is 7.15. The monoisotopic (exact) mass is 283 g/mol. The van der Waals surface area contributed by atoms with E-state index < -0.39 is 4.92 Å². The van der Waals surface area contributed by atoms with E-state index in [4.69, 9.17) is 11.6 Å². The van der Waals surface area contributed by atoms with Crippen molar-refractivity contribution >= 4 is 28.6 Å². The predicted molar refractivity (Wildman–Crippen MR) is 71.0 cm³/mol. The van der Waals surface area contributed by atoms with Crippen LogP contribution in [-0.4, -0.2) is 15.1 Å². The Labute approximate surface area is 113 Å². The van der Waals surface area contributed by atoms with Gasteiger partial charge in [-0.25, -0.2) is 0 Å². The molecule has 0 amide bonds. The summed E-state index contributed by atoms with van der Waals surface area (Å²) in [5.41, 5.74) is 1.40. The second kappa shape index (κ2) is 4.99. The van der Waals surface area contributed by atoms with Gasteiger partial charge in [-0.05, 0) is 13.8 Å². The summed E-state index contributed by atoms with van der Waals surface area (Å²) in [6, 6.07) is 4.92. The Morgan fingerprint density at radius 2 is 2.17 bits per heavy atom. The van der Waals surface area contributed by atoms with Crippen LogP contribution < -0.4 is 0 Å². The molecule has 1 aromatic carbocycles. The number of alkyl halides is 1. The molecule has 5 nitrogen and oxygen atoms in total. The Balaban J connectivity index is 2.50. The van der Waals surface area contributed by atoms with Gasteiger partial charge in [0.2, 0.25) is 0 Å². The minimum atomic E-state index is -0.398. The van der Waals surface area contributed by atoms with Gasteiger partial charge in [-0.1, -0.05) is 23.5 Å². The van der Waals surface area contributed by atoms with Crippen LogP contribution in [0.1, 0.15) is 22.9 Å². The fraction of sp³-hybridized carbons (Fsp3) is 0.273. The van der Waals surface area contributed by atoms with Gasteiger partial charge < -0.3 is 0 Å². The molecule has 0 saturated carbocycles. The van der Waals surface area contributed by atoms with Crippen LogP contribution in [-0.2, 0) is 0 Å². The average Bonchev–Trinajstić information content (AvgIpc) is 2.78. The molecule has 0 radical (unpaired) electrons. The van der Waals surface area contributed by atoms with Crippen molar-refractivity contribution in [3.05, 3.63) is 38.9 Å². The van der Waals surface area contributed by atoms with Gasteiger partial charge in [-0.2, -0.15) is 0 Å². The fourth-order valence-corrected chi connectivity index (χ4v) is 2.59. The quantitative estimate of drug-likeness (QED) is 0.489. The zero-order valence-electron chi connectivity index (χ0n) is 9.75. The number of nitro groups is 1. The maximum atomic E-state index is 10.9. The minimum absolute atomic E-state index is 0.0863. The summed E-state index contributed by atoms with van der Waals surface area (Å²) in [6.45, 7) is 3.52. The van der Waals surface area contributed by atoms with E-state index in [0.29, 0.717) is 15.6 Å². The van der Waals surface area contributed by atoms with Crippen LogP contribution in [0, 0.1) is 17.0 Å². The summed E-state index contributed by atoms with van der Waals surface area (Å²) in [7, 11) is 0. The molecule has 18 heavy (non-hydrogen) atoms. The lowest BCUT2D eigenvalue weighted by Gasteiger charge is -2.01. The number of halogens is 1. The molecule has 2 rings (SSSR count). The molecule has 0 aliphatic heterocycles. The standard InChI is InChI=1S/C11H10ClN3O2S/c1-6-8(4-3-5-9(6)15(16)17)11-14-13-10(18-11)7(2)12/h3-5,7H,1-2H3. The van der Waals surface area contributed by atoms with E-state index in [0.717, 1.165) is 5.56 Å². The highest BCUT2D eigenvalue weighted by Crippen LogP contribution is 2.33. The van der Waals surface area contributed by atoms with Gasteiger partial charge in [0.25, 0.3) is 5.69 Å². The molecule has 7 heteroatoms. The van der Waals surface area contributed by atoms with Crippen molar-refractivity contribution in [2.75, 3.05) is 0 Å². The largest absolute Gasteiger partial charge is 0.273 e. The van der Waals surface area contributed by atoms with Crippen LogP contribution in [0.4, 0.5) is 5.69 Å². The van der Waals surface area contributed by atoms with E-state index in [-0.39, 0.29) is 11.1 Å². The number of hydrogen-bond acceptors (Lipinski definition) is 5. The summed E-state index contributed by atoms with van der Waals surface area (Å²) in [4.78, 5) is 10.5. The first-order valence-corrected chi connectivity index (χ1v) is 6.48. The van der Waals surface area contributed by atoms with E-state index in [1.165, 1.54) is 17.4 Å². The van der Waals surface area contributed by atoms with Gasteiger partial charge in [0.05, 0.1) is 10.3 Å². The van der Waals surface area contributed by atoms with Gasteiger partial charge in [0, 0.05) is 17.2 Å². The molecule has 1 unspecified atom stereocenters. The minimum Gasteiger partial charge on any atom is -0.258 e. The van der Waals surface area contributed by atoms with Crippen LogP contribution in [0.3, 0.4) is 0 Å². The van der Waals surface area contributed by atoms with Crippen molar-refractivity contribution in [3.63, 3.8) is 0 Å². The van der Waals surface area contributed by atoms with E-state index in [2.05, 4.69) is 10.2 Å². The molecule has 0 bridgehead atoms. The van der Waals surface area contributed by atoms with Gasteiger partial charge >= 0.3 is 0 Å². The summed E-state index contributed by atoms with van der Waals surface area (Å²) >= 11 is 7.28. The number of nitrogens with zero attached hydrogens (tertiary/aromatic N) is 3. The lowest BCUT2D eigenvalue weighted by molar-refractivity contribution is -0.385. The molecule has 1 aromatic heterocycles. The molecule has 0 spiro atoms. The highest BCUT2D eigenvalue weighted by Gasteiger charge is 2.18. The lowest BCUT2D eigenvalue weighted by Crippen LogP contribution is -1.93. The third-order valence-corrected chi connectivity index (χ3v) is 3.99.